The molecular weight excluding hydrogens is 286 g/mol. The summed E-state index contributed by atoms with van der Waals surface area (Å²) in [7, 11) is 0. The average molecular weight is 306 g/mol. The molecule has 0 unspecified atom stereocenters. The van der Waals surface area contributed by atoms with E-state index in [0.29, 0.717) is 5.02 Å². The van der Waals surface area contributed by atoms with E-state index in [9.17, 15) is 10.1 Å². The lowest BCUT2D eigenvalue weighted by Crippen LogP contribution is -2.48. The molecule has 1 aliphatic carbocycles. The molecular formula is C16H20ClN3O. The first kappa shape index (κ1) is 15.8. The highest BCUT2D eigenvalue weighted by atomic mass is 35.5. The van der Waals surface area contributed by atoms with Gasteiger partial charge < -0.3 is 10.6 Å². The predicted octanol–water partition coefficient (Wildman–Crippen LogP) is 2.94. The van der Waals surface area contributed by atoms with Crippen molar-refractivity contribution in [3.63, 3.8) is 0 Å². The summed E-state index contributed by atoms with van der Waals surface area (Å²) in [5, 5.41) is 16.0. The van der Waals surface area contributed by atoms with Crippen molar-refractivity contribution in [2.45, 2.75) is 44.2 Å². The summed E-state index contributed by atoms with van der Waals surface area (Å²) in [6.45, 7) is 2.14. The highest BCUT2D eigenvalue weighted by Crippen LogP contribution is 2.28. The van der Waals surface area contributed by atoms with E-state index >= 15 is 0 Å². The third-order valence-corrected chi connectivity index (χ3v) is 4.33. The number of rotatable bonds is 5. The Labute approximate surface area is 130 Å². The van der Waals surface area contributed by atoms with Crippen LogP contribution in [-0.2, 0) is 4.79 Å². The number of nitriles is 1. The first-order valence-electron chi connectivity index (χ1n) is 7.26. The zero-order chi connectivity index (χ0) is 15.3. The largest absolute Gasteiger partial charge is 0.337 e. The number of carbonyl (C=O) groups excluding carboxylic acids is 1. The van der Waals surface area contributed by atoms with Gasteiger partial charge in [0.05, 0.1) is 12.6 Å². The summed E-state index contributed by atoms with van der Waals surface area (Å²) >= 11 is 6.13. The highest BCUT2D eigenvalue weighted by Gasteiger charge is 2.35. The van der Waals surface area contributed by atoms with Gasteiger partial charge in [-0.25, -0.2) is 0 Å². The Bertz CT molecular complexity index is 547. The molecule has 0 aromatic heterocycles. The van der Waals surface area contributed by atoms with Gasteiger partial charge in [0.15, 0.2) is 0 Å². The molecule has 1 aliphatic rings. The first-order chi connectivity index (χ1) is 10.1. The molecule has 2 N–H and O–H groups in total. The lowest BCUT2D eigenvalue weighted by Gasteiger charge is -2.23. The molecule has 0 saturated heterocycles. The molecule has 1 atom stereocenters. The second kappa shape index (κ2) is 6.93. The summed E-state index contributed by atoms with van der Waals surface area (Å²) in [5.74, 6) is -0.141. The smallest absolute Gasteiger partial charge is 0.235 e. The fraction of sp³-hybridized carbons (Fsp3) is 0.500. The van der Waals surface area contributed by atoms with Crippen LogP contribution >= 0.6 is 11.6 Å². The number of nitrogens with zero attached hydrogens (tertiary/aromatic N) is 1. The maximum Gasteiger partial charge on any atom is 0.235 e. The molecule has 0 aliphatic heterocycles. The van der Waals surface area contributed by atoms with Gasteiger partial charge in [-0.1, -0.05) is 29.8 Å². The zero-order valence-corrected chi connectivity index (χ0v) is 12.9. The van der Waals surface area contributed by atoms with Crippen LogP contribution in [0, 0.1) is 11.3 Å². The Hall–Kier alpha value is -1.57. The van der Waals surface area contributed by atoms with E-state index in [0.717, 1.165) is 31.2 Å². The number of halogens is 1. The topological polar surface area (TPSA) is 64.9 Å². The van der Waals surface area contributed by atoms with Gasteiger partial charge in [0, 0.05) is 11.1 Å². The first-order valence-corrected chi connectivity index (χ1v) is 7.64. The van der Waals surface area contributed by atoms with E-state index in [1.165, 1.54) is 0 Å². The van der Waals surface area contributed by atoms with Crippen LogP contribution in [0.3, 0.4) is 0 Å². The van der Waals surface area contributed by atoms with Gasteiger partial charge in [-0.3, -0.25) is 4.79 Å². The monoisotopic (exact) mass is 305 g/mol. The minimum atomic E-state index is -0.660. The van der Waals surface area contributed by atoms with E-state index in [2.05, 4.69) is 16.7 Å². The molecule has 4 nitrogen and oxygen atoms in total. The number of hydrogen-bond donors (Lipinski definition) is 2. The third-order valence-electron chi connectivity index (χ3n) is 3.99. The Morgan fingerprint density at radius 3 is 2.71 bits per heavy atom. The van der Waals surface area contributed by atoms with Crippen molar-refractivity contribution in [3.8, 4) is 6.07 Å². The van der Waals surface area contributed by atoms with Crippen molar-refractivity contribution in [2.75, 3.05) is 6.54 Å². The normalized spacial score (nSPS) is 18.0. The van der Waals surface area contributed by atoms with Crippen molar-refractivity contribution in [2.24, 2.45) is 0 Å². The summed E-state index contributed by atoms with van der Waals surface area (Å²) in [6, 6.07) is 9.80. The van der Waals surface area contributed by atoms with Crippen LogP contribution in [-0.4, -0.2) is 18.0 Å². The molecule has 0 heterocycles. The SMILES string of the molecule is C[C@H](NCC(=O)NC1(C#N)CCCC1)c1ccccc1Cl. The van der Waals surface area contributed by atoms with E-state index in [4.69, 9.17) is 11.6 Å². The summed E-state index contributed by atoms with van der Waals surface area (Å²) in [6.07, 6.45) is 3.49. The Kier molecular flexibility index (Phi) is 5.22. The number of benzene rings is 1. The van der Waals surface area contributed by atoms with Gasteiger partial charge in [-0.05, 0) is 44.2 Å². The van der Waals surface area contributed by atoms with E-state index in [-0.39, 0.29) is 18.5 Å². The van der Waals surface area contributed by atoms with E-state index < -0.39 is 5.54 Å². The second-order valence-electron chi connectivity index (χ2n) is 5.57. The van der Waals surface area contributed by atoms with Crippen molar-refractivity contribution < 1.29 is 4.79 Å². The van der Waals surface area contributed by atoms with Gasteiger partial charge in [0.2, 0.25) is 5.91 Å². The Morgan fingerprint density at radius 2 is 2.10 bits per heavy atom. The fourth-order valence-corrected chi connectivity index (χ4v) is 3.04. The standard InChI is InChI=1S/C16H20ClN3O/c1-12(13-6-2-3-7-14(13)17)19-10-15(21)20-16(11-18)8-4-5-9-16/h2-3,6-7,12,19H,4-5,8-10H2,1H3,(H,20,21)/t12-/m0/s1. The quantitative estimate of drug-likeness (QED) is 0.879. The summed E-state index contributed by atoms with van der Waals surface area (Å²) < 4.78 is 0. The van der Waals surface area contributed by atoms with E-state index in [1.54, 1.807) is 0 Å². The lowest BCUT2D eigenvalue weighted by molar-refractivity contribution is -0.121. The van der Waals surface area contributed by atoms with Gasteiger partial charge in [0.1, 0.15) is 5.54 Å². The van der Waals surface area contributed by atoms with Crippen LogP contribution in [0.2, 0.25) is 5.02 Å². The van der Waals surface area contributed by atoms with Crippen LogP contribution in [0.25, 0.3) is 0 Å². The highest BCUT2D eigenvalue weighted by molar-refractivity contribution is 6.31. The second-order valence-corrected chi connectivity index (χ2v) is 5.98. The van der Waals surface area contributed by atoms with Gasteiger partial charge in [0.25, 0.3) is 0 Å². The number of carbonyl (C=O) groups is 1. The number of amides is 1. The molecule has 2 rings (SSSR count). The zero-order valence-electron chi connectivity index (χ0n) is 12.2. The summed E-state index contributed by atoms with van der Waals surface area (Å²) in [4.78, 5) is 12.0. The minimum absolute atomic E-state index is 0.0222. The van der Waals surface area contributed by atoms with Crippen molar-refractivity contribution in [1.29, 1.82) is 5.26 Å². The summed E-state index contributed by atoms with van der Waals surface area (Å²) in [5.41, 5.74) is 0.301. The van der Waals surface area contributed by atoms with Gasteiger partial charge >= 0.3 is 0 Å². The number of nitrogens with one attached hydrogen (secondary N) is 2. The molecule has 1 aromatic carbocycles. The van der Waals surface area contributed by atoms with Crippen LogP contribution in [0.5, 0.6) is 0 Å². The molecule has 0 bridgehead atoms. The Morgan fingerprint density at radius 1 is 1.43 bits per heavy atom. The maximum atomic E-state index is 12.0. The molecule has 0 radical (unpaired) electrons. The molecule has 112 valence electrons. The number of hydrogen-bond acceptors (Lipinski definition) is 3. The fourth-order valence-electron chi connectivity index (χ4n) is 2.74. The van der Waals surface area contributed by atoms with Crippen molar-refractivity contribution in [1.82, 2.24) is 10.6 Å². The van der Waals surface area contributed by atoms with Crippen LogP contribution < -0.4 is 10.6 Å². The molecule has 1 amide bonds. The van der Waals surface area contributed by atoms with Crippen molar-refractivity contribution in [3.05, 3.63) is 34.9 Å². The Balaban J connectivity index is 1.87. The molecule has 21 heavy (non-hydrogen) atoms. The van der Waals surface area contributed by atoms with Crippen LogP contribution in [0.1, 0.15) is 44.2 Å². The molecule has 1 aromatic rings. The predicted molar refractivity (Wildman–Crippen MR) is 82.8 cm³/mol. The molecule has 1 fully saturated rings. The molecule has 0 spiro atoms. The molecule has 5 heteroatoms. The van der Waals surface area contributed by atoms with Crippen molar-refractivity contribution >= 4 is 17.5 Å². The van der Waals surface area contributed by atoms with Crippen LogP contribution in [0.4, 0.5) is 0 Å². The van der Waals surface area contributed by atoms with Gasteiger partial charge in [-0.15, -0.1) is 0 Å². The lowest BCUT2D eigenvalue weighted by atomic mass is 10.00. The maximum absolute atomic E-state index is 12.0. The van der Waals surface area contributed by atoms with Gasteiger partial charge in [-0.2, -0.15) is 5.26 Å². The minimum Gasteiger partial charge on any atom is -0.337 e. The van der Waals surface area contributed by atoms with E-state index in [1.807, 2.05) is 31.2 Å². The van der Waals surface area contributed by atoms with Crippen LogP contribution in [0.15, 0.2) is 24.3 Å². The third kappa shape index (κ3) is 3.96. The molecule has 1 saturated carbocycles. The average Bonchev–Trinajstić information content (AvgIpc) is 2.94.